The highest BCUT2D eigenvalue weighted by Crippen LogP contribution is 2.17. The molecular formula is C62H117NO5. The van der Waals surface area contributed by atoms with Gasteiger partial charge in [0.25, 0.3) is 0 Å². The summed E-state index contributed by atoms with van der Waals surface area (Å²) in [7, 11) is 0. The number of unbranched alkanes of at least 4 members (excludes halogenated alkanes) is 39. The first-order valence-corrected chi connectivity index (χ1v) is 30.2. The molecule has 6 nitrogen and oxygen atoms in total. The molecule has 0 fully saturated rings. The number of carbonyl (C=O) groups is 2. The van der Waals surface area contributed by atoms with Crippen LogP contribution in [-0.2, 0) is 14.3 Å². The van der Waals surface area contributed by atoms with E-state index in [2.05, 4.69) is 55.6 Å². The summed E-state index contributed by atoms with van der Waals surface area (Å²) in [6.45, 7) is 4.91. The molecule has 0 aromatic carbocycles. The Labute approximate surface area is 424 Å². The van der Waals surface area contributed by atoms with Crippen LogP contribution < -0.4 is 5.32 Å². The van der Waals surface area contributed by atoms with Gasteiger partial charge in [-0.15, -0.1) is 0 Å². The summed E-state index contributed by atoms with van der Waals surface area (Å²) in [6.07, 6.45) is 71.6. The van der Waals surface area contributed by atoms with Gasteiger partial charge in [-0.1, -0.05) is 262 Å². The first-order valence-electron chi connectivity index (χ1n) is 30.2. The number of rotatable bonds is 56. The van der Waals surface area contributed by atoms with Crippen molar-refractivity contribution in [3.8, 4) is 0 Å². The van der Waals surface area contributed by atoms with Crippen molar-refractivity contribution < 1.29 is 24.5 Å². The maximum atomic E-state index is 12.4. The van der Waals surface area contributed by atoms with E-state index in [-0.39, 0.29) is 18.5 Å². The molecule has 0 aromatic rings. The highest BCUT2D eigenvalue weighted by Gasteiger charge is 2.20. The summed E-state index contributed by atoms with van der Waals surface area (Å²) in [6, 6.07) is -0.541. The molecule has 0 spiro atoms. The Morgan fingerprint density at radius 3 is 1.15 bits per heavy atom. The molecular weight excluding hydrogens is 839 g/mol. The van der Waals surface area contributed by atoms with Crippen molar-refractivity contribution in [3.05, 3.63) is 36.5 Å². The smallest absolute Gasteiger partial charge is 0.305 e. The fourth-order valence-electron chi connectivity index (χ4n) is 9.25. The molecule has 0 rings (SSSR count). The molecule has 6 heteroatoms. The van der Waals surface area contributed by atoms with Crippen LogP contribution in [0.1, 0.15) is 322 Å². The maximum Gasteiger partial charge on any atom is 0.305 e. The third-order valence-corrected chi connectivity index (χ3v) is 13.9. The van der Waals surface area contributed by atoms with Gasteiger partial charge < -0.3 is 20.3 Å². The second-order valence-electron chi connectivity index (χ2n) is 20.7. The van der Waals surface area contributed by atoms with E-state index in [9.17, 15) is 19.8 Å². The van der Waals surface area contributed by atoms with Crippen LogP contribution in [0.15, 0.2) is 36.5 Å². The number of aliphatic hydroxyl groups is 2. The number of carbonyl (C=O) groups excluding carboxylic acids is 2. The zero-order chi connectivity index (χ0) is 49.3. The predicted molar refractivity (Wildman–Crippen MR) is 296 cm³/mol. The zero-order valence-corrected chi connectivity index (χ0v) is 45.6. The summed E-state index contributed by atoms with van der Waals surface area (Å²) >= 11 is 0. The van der Waals surface area contributed by atoms with E-state index in [0.717, 1.165) is 51.4 Å². The third-order valence-electron chi connectivity index (χ3n) is 13.9. The normalized spacial score (nSPS) is 12.8. The minimum absolute atomic E-state index is 0.000603. The second kappa shape index (κ2) is 57.7. The number of nitrogens with one attached hydrogen (secondary N) is 1. The van der Waals surface area contributed by atoms with E-state index in [1.54, 1.807) is 0 Å². The van der Waals surface area contributed by atoms with Crippen LogP contribution >= 0.6 is 0 Å². The summed E-state index contributed by atoms with van der Waals surface area (Å²) in [4.78, 5) is 24.5. The molecule has 0 heterocycles. The van der Waals surface area contributed by atoms with E-state index < -0.39 is 12.1 Å². The molecule has 0 aromatic heterocycles. The van der Waals surface area contributed by atoms with E-state index in [4.69, 9.17) is 4.74 Å². The Kier molecular flexibility index (Phi) is 56.0. The Morgan fingerprint density at radius 2 is 0.735 bits per heavy atom. The van der Waals surface area contributed by atoms with Crippen molar-refractivity contribution in [2.45, 2.75) is 334 Å². The number of amides is 1. The van der Waals surface area contributed by atoms with Crippen LogP contribution in [0.25, 0.3) is 0 Å². The zero-order valence-electron chi connectivity index (χ0n) is 45.6. The Bertz CT molecular complexity index is 1100. The van der Waals surface area contributed by atoms with Crippen molar-refractivity contribution in [1.29, 1.82) is 0 Å². The van der Waals surface area contributed by atoms with Crippen molar-refractivity contribution >= 4 is 11.9 Å². The van der Waals surface area contributed by atoms with Gasteiger partial charge in [-0.05, 0) is 83.5 Å². The minimum atomic E-state index is -0.663. The lowest BCUT2D eigenvalue weighted by molar-refractivity contribution is -0.143. The average Bonchev–Trinajstić information content (AvgIpc) is 3.34. The van der Waals surface area contributed by atoms with Crippen LogP contribution in [-0.4, -0.2) is 47.4 Å². The fraction of sp³-hybridized carbons (Fsp3) is 0.871. The average molecular weight is 957 g/mol. The molecule has 0 aliphatic rings. The number of ether oxygens (including phenoxy) is 1. The monoisotopic (exact) mass is 956 g/mol. The molecule has 2 unspecified atom stereocenters. The first-order chi connectivity index (χ1) is 33.5. The summed E-state index contributed by atoms with van der Waals surface area (Å²) in [5.41, 5.74) is 0. The molecule has 0 aliphatic heterocycles. The van der Waals surface area contributed by atoms with Gasteiger partial charge in [0, 0.05) is 12.8 Å². The standard InChI is InChI=1S/C62H117NO5/c1-3-5-7-9-11-13-14-15-16-30-33-36-40-44-48-52-56-62(67)68-57-53-49-45-41-37-34-31-28-26-24-22-20-18-17-19-21-23-25-27-29-32-35-39-43-47-51-55-61(66)63-59(58-64)60(65)54-50-46-42-38-12-10-8-6-4-2/h13-14,16-17,19,30,59-60,64-65H,3-12,15,18,20-29,31-58H2,1-2H3,(H,63,66)/b14-13-,19-17-,30-16-. The van der Waals surface area contributed by atoms with Gasteiger partial charge in [-0.25, -0.2) is 0 Å². The van der Waals surface area contributed by atoms with Gasteiger partial charge >= 0.3 is 5.97 Å². The Balaban J connectivity index is 3.37. The van der Waals surface area contributed by atoms with Crippen molar-refractivity contribution in [2.24, 2.45) is 0 Å². The van der Waals surface area contributed by atoms with Crippen molar-refractivity contribution in [3.63, 3.8) is 0 Å². The van der Waals surface area contributed by atoms with Gasteiger partial charge in [0.2, 0.25) is 5.91 Å². The van der Waals surface area contributed by atoms with Crippen molar-refractivity contribution in [1.82, 2.24) is 5.32 Å². The summed E-state index contributed by atoms with van der Waals surface area (Å²) in [5, 5.41) is 23.1. The molecule has 0 radical (unpaired) electrons. The van der Waals surface area contributed by atoms with Gasteiger partial charge in [0.05, 0.1) is 25.4 Å². The minimum Gasteiger partial charge on any atom is -0.466 e. The van der Waals surface area contributed by atoms with Crippen molar-refractivity contribution in [2.75, 3.05) is 13.2 Å². The molecule has 0 bridgehead atoms. The van der Waals surface area contributed by atoms with E-state index >= 15 is 0 Å². The van der Waals surface area contributed by atoms with E-state index in [0.29, 0.717) is 25.9 Å². The third kappa shape index (κ3) is 53.4. The van der Waals surface area contributed by atoms with Crippen LogP contribution in [0.2, 0.25) is 0 Å². The molecule has 400 valence electrons. The molecule has 0 saturated heterocycles. The summed E-state index contributed by atoms with van der Waals surface area (Å²) in [5.74, 6) is -0.0385. The molecule has 0 aliphatic carbocycles. The Hall–Kier alpha value is -1.92. The number of allylic oxidation sites excluding steroid dienone is 6. The lowest BCUT2D eigenvalue weighted by Gasteiger charge is -2.22. The van der Waals surface area contributed by atoms with Crippen LogP contribution in [0.5, 0.6) is 0 Å². The first kappa shape index (κ1) is 66.1. The fourth-order valence-corrected chi connectivity index (χ4v) is 9.25. The van der Waals surface area contributed by atoms with Crippen LogP contribution in [0.4, 0.5) is 0 Å². The molecule has 2 atom stereocenters. The largest absolute Gasteiger partial charge is 0.466 e. The van der Waals surface area contributed by atoms with E-state index in [1.165, 1.54) is 238 Å². The molecule has 3 N–H and O–H groups in total. The van der Waals surface area contributed by atoms with Gasteiger partial charge in [0.1, 0.15) is 0 Å². The van der Waals surface area contributed by atoms with Crippen LogP contribution in [0, 0.1) is 0 Å². The molecule has 68 heavy (non-hydrogen) atoms. The lowest BCUT2D eigenvalue weighted by atomic mass is 10.0. The van der Waals surface area contributed by atoms with Gasteiger partial charge in [-0.3, -0.25) is 9.59 Å². The second-order valence-corrected chi connectivity index (χ2v) is 20.7. The maximum absolute atomic E-state index is 12.4. The number of hydrogen-bond acceptors (Lipinski definition) is 5. The SMILES string of the molecule is CCCCCC/C=C\C/C=C\CCCCCCCC(=O)OCCCCCCCCCCCCCC/C=C\CCCCCCCCCCCCC(=O)NC(CO)C(O)CCCCCCCCCCC. The van der Waals surface area contributed by atoms with E-state index in [1.807, 2.05) is 0 Å². The number of esters is 1. The Morgan fingerprint density at radius 1 is 0.412 bits per heavy atom. The molecule has 1 amide bonds. The number of hydrogen-bond donors (Lipinski definition) is 3. The predicted octanol–water partition coefficient (Wildman–Crippen LogP) is 18.8. The topological polar surface area (TPSA) is 95.9 Å². The highest BCUT2D eigenvalue weighted by molar-refractivity contribution is 5.76. The van der Waals surface area contributed by atoms with Gasteiger partial charge in [0.15, 0.2) is 0 Å². The van der Waals surface area contributed by atoms with Gasteiger partial charge in [-0.2, -0.15) is 0 Å². The quantitative estimate of drug-likeness (QED) is 0.0321. The molecule has 0 saturated carbocycles. The summed E-state index contributed by atoms with van der Waals surface area (Å²) < 4.78 is 5.48. The number of aliphatic hydroxyl groups excluding tert-OH is 2. The highest BCUT2D eigenvalue weighted by atomic mass is 16.5. The van der Waals surface area contributed by atoms with Crippen LogP contribution in [0.3, 0.4) is 0 Å². The lowest BCUT2D eigenvalue weighted by Crippen LogP contribution is -2.45.